The molecule has 7 heteroatoms. The number of thioether (sulfide) groups is 1. The maximum Gasteiger partial charge on any atom is 0.210 e. The van der Waals surface area contributed by atoms with Crippen LogP contribution in [0.4, 0.5) is 0 Å². The predicted octanol–water partition coefficient (Wildman–Crippen LogP) is 3.79. The lowest BCUT2D eigenvalue weighted by atomic mass is 10.2. The fourth-order valence-corrected chi connectivity index (χ4v) is 3.09. The highest BCUT2D eigenvalue weighted by Gasteiger charge is 2.14. The number of ether oxygens (including phenoxy) is 1. The maximum absolute atomic E-state index is 6.18. The van der Waals surface area contributed by atoms with Crippen LogP contribution >= 0.6 is 23.4 Å². The summed E-state index contributed by atoms with van der Waals surface area (Å²) < 4.78 is 7.18. The molecule has 1 aromatic heterocycles. The molecule has 2 aromatic carbocycles. The molecule has 24 heavy (non-hydrogen) atoms. The van der Waals surface area contributed by atoms with E-state index in [1.807, 2.05) is 49.4 Å². The molecule has 124 valence electrons. The summed E-state index contributed by atoms with van der Waals surface area (Å²) in [6.07, 6.45) is 0. The molecular weight excluding hydrogens is 344 g/mol. The number of nitrogen functional groups attached to an aromatic ring is 1. The van der Waals surface area contributed by atoms with Gasteiger partial charge in [0.15, 0.2) is 5.82 Å². The second kappa shape index (κ2) is 7.59. The summed E-state index contributed by atoms with van der Waals surface area (Å²) in [6, 6.07) is 15.4. The smallest absolute Gasteiger partial charge is 0.210 e. The number of benzene rings is 2. The van der Waals surface area contributed by atoms with Crippen LogP contribution < -0.4 is 10.6 Å². The van der Waals surface area contributed by atoms with Crippen molar-refractivity contribution in [3.8, 4) is 17.1 Å². The van der Waals surface area contributed by atoms with Crippen molar-refractivity contribution in [2.45, 2.75) is 12.1 Å². The quantitative estimate of drug-likeness (QED) is 0.411. The number of aromatic nitrogens is 3. The molecule has 2 N–H and O–H groups in total. The highest BCUT2D eigenvalue weighted by atomic mass is 35.5. The van der Waals surface area contributed by atoms with Gasteiger partial charge in [-0.05, 0) is 36.8 Å². The van der Waals surface area contributed by atoms with Gasteiger partial charge in [-0.2, -0.15) is 0 Å². The number of nitrogens with two attached hydrogens (primary N) is 1. The first-order valence-electron chi connectivity index (χ1n) is 7.43. The van der Waals surface area contributed by atoms with Crippen molar-refractivity contribution in [2.24, 2.45) is 0 Å². The molecule has 0 aliphatic carbocycles. The summed E-state index contributed by atoms with van der Waals surface area (Å²) >= 11 is 7.67. The van der Waals surface area contributed by atoms with E-state index in [0.717, 1.165) is 11.3 Å². The van der Waals surface area contributed by atoms with E-state index in [1.54, 1.807) is 6.07 Å². The second-order valence-electron chi connectivity index (χ2n) is 5.17. The van der Waals surface area contributed by atoms with Gasteiger partial charge in [0.1, 0.15) is 5.75 Å². The van der Waals surface area contributed by atoms with E-state index in [-0.39, 0.29) is 0 Å². The van der Waals surface area contributed by atoms with E-state index in [1.165, 1.54) is 22.0 Å². The lowest BCUT2D eigenvalue weighted by Gasteiger charge is -2.07. The van der Waals surface area contributed by atoms with Crippen molar-refractivity contribution < 1.29 is 4.74 Å². The fraction of sp³-hybridized carbons (Fsp3) is 0.176. The Balaban J connectivity index is 1.60. The van der Waals surface area contributed by atoms with Crippen LogP contribution in [0.15, 0.2) is 53.7 Å². The van der Waals surface area contributed by atoms with Crippen molar-refractivity contribution in [2.75, 3.05) is 18.2 Å². The van der Waals surface area contributed by atoms with Crippen LogP contribution in [0.1, 0.15) is 5.56 Å². The Kier molecular flexibility index (Phi) is 5.27. The highest BCUT2D eigenvalue weighted by molar-refractivity contribution is 7.99. The zero-order valence-electron chi connectivity index (χ0n) is 13.1. The molecule has 0 radical (unpaired) electrons. The molecular formula is C17H17ClN4OS. The van der Waals surface area contributed by atoms with Gasteiger partial charge >= 0.3 is 0 Å². The molecule has 0 atom stereocenters. The van der Waals surface area contributed by atoms with E-state index in [4.69, 9.17) is 22.2 Å². The molecule has 0 bridgehead atoms. The summed E-state index contributed by atoms with van der Waals surface area (Å²) in [4.78, 5) is 0. The average Bonchev–Trinajstić information content (AvgIpc) is 2.93. The van der Waals surface area contributed by atoms with Crippen LogP contribution in [0.5, 0.6) is 5.75 Å². The number of nitrogens with zero attached hydrogens (tertiary/aromatic N) is 3. The number of rotatable bonds is 6. The standard InChI is InChI=1S/C17H17ClN4OS/c1-12-5-4-6-13(11-12)23-9-10-24-17-21-20-16(22(17)19)14-7-2-3-8-15(14)18/h2-8,11H,9-10,19H2,1H3. The van der Waals surface area contributed by atoms with Gasteiger partial charge in [-0.15, -0.1) is 10.2 Å². The molecule has 5 nitrogen and oxygen atoms in total. The second-order valence-corrected chi connectivity index (χ2v) is 6.64. The van der Waals surface area contributed by atoms with E-state index < -0.39 is 0 Å². The number of hydrogen-bond donors (Lipinski definition) is 1. The molecule has 0 aliphatic heterocycles. The maximum atomic E-state index is 6.18. The van der Waals surface area contributed by atoms with Gasteiger partial charge in [-0.1, -0.05) is 47.6 Å². The fourth-order valence-electron chi connectivity index (χ4n) is 2.20. The third kappa shape index (κ3) is 3.83. The first-order chi connectivity index (χ1) is 11.6. The van der Waals surface area contributed by atoms with Gasteiger partial charge < -0.3 is 10.6 Å². The number of aryl methyl sites for hydroxylation is 1. The van der Waals surface area contributed by atoms with E-state index in [9.17, 15) is 0 Å². The molecule has 3 rings (SSSR count). The summed E-state index contributed by atoms with van der Waals surface area (Å²) in [5.74, 6) is 8.21. The average molecular weight is 361 g/mol. The van der Waals surface area contributed by atoms with Gasteiger partial charge in [0.05, 0.1) is 11.6 Å². The summed E-state index contributed by atoms with van der Waals surface area (Å²) in [5.41, 5.74) is 1.93. The minimum absolute atomic E-state index is 0.544. The molecule has 0 saturated heterocycles. The lowest BCUT2D eigenvalue weighted by molar-refractivity contribution is 0.343. The van der Waals surface area contributed by atoms with Gasteiger partial charge in [0.25, 0.3) is 0 Å². The first kappa shape index (κ1) is 16.7. The molecule has 0 saturated carbocycles. The SMILES string of the molecule is Cc1cccc(OCCSc2nnc(-c3ccccc3Cl)n2N)c1. The van der Waals surface area contributed by atoms with Crippen molar-refractivity contribution >= 4 is 23.4 Å². The Morgan fingerprint density at radius 3 is 2.79 bits per heavy atom. The summed E-state index contributed by atoms with van der Waals surface area (Å²) in [5, 5.41) is 9.48. The monoisotopic (exact) mass is 360 g/mol. The Labute approximate surface area is 149 Å². The third-order valence-corrected chi connectivity index (χ3v) is 4.59. The van der Waals surface area contributed by atoms with Gasteiger partial charge in [0.2, 0.25) is 5.16 Å². The van der Waals surface area contributed by atoms with Crippen LogP contribution in [0, 0.1) is 6.92 Å². The lowest BCUT2D eigenvalue weighted by Crippen LogP contribution is -2.12. The number of hydrogen-bond acceptors (Lipinski definition) is 5. The van der Waals surface area contributed by atoms with Gasteiger partial charge in [-0.3, -0.25) is 0 Å². The highest BCUT2D eigenvalue weighted by Crippen LogP contribution is 2.27. The third-order valence-electron chi connectivity index (χ3n) is 3.35. The molecule has 0 amide bonds. The number of halogens is 1. The van der Waals surface area contributed by atoms with E-state index >= 15 is 0 Å². The largest absolute Gasteiger partial charge is 0.493 e. The Morgan fingerprint density at radius 1 is 1.17 bits per heavy atom. The van der Waals surface area contributed by atoms with Crippen LogP contribution in [0.25, 0.3) is 11.4 Å². The van der Waals surface area contributed by atoms with Gasteiger partial charge in [0, 0.05) is 11.3 Å². The van der Waals surface area contributed by atoms with Crippen LogP contribution in [-0.4, -0.2) is 27.2 Å². The van der Waals surface area contributed by atoms with E-state index in [0.29, 0.717) is 28.4 Å². The molecule has 3 aromatic rings. The van der Waals surface area contributed by atoms with Crippen LogP contribution in [-0.2, 0) is 0 Å². The topological polar surface area (TPSA) is 66.0 Å². The molecule has 1 heterocycles. The van der Waals surface area contributed by atoms with Crippen molar-refractivity contribution in [3.05, 3.63) is 59.1 Å². The molecule has 0 fully saturated rings. The summed E-state index contributed by atoms with van der Waals surface area (Å²) in [7, 11) is 0. The zero-order chi connectivity index (χ0) is 16.9. The molecule has 0 spiro atoms. The predicted molar refractivity (Wildman–Crippen MR) is 98.0 cm³/mol. The minimum atomic E-state index is 0.544. The summed E-state index contributed by atoms with van der Waals surface area (Å²) in [6.45, 7) is 2.59. The van der Waals surface area contributed by atoms with Crippen molar-refractivity contribution in [3.63, 3.8) is 0 Å². The zero-order valence-corrected chi connectivity index (χ0v) is 14.7. The van der Waals surface area contributed by atoms with Crippen LogP contribution in [0.2, 0.25) is 5.02 Å². The normalized spacial score (nSPS) is 10.8. The first-order valence-corrected chi connectivity index (χ1v) is 8.79. The van der Waals surface area contributed by atoms with Crippen LogP contribution in [0.3, 0.4) is 0 Å². The Bertz CT molecular complexity index is 837. The van der Waals surface area contributed by atoms with Gasteiger partial charge in [-0.25, -0.2) is 4.68 Å². The van der Waals surface area contributed by atoms with Crippen molar-refractivity contribution in [1.29, 1.82) is 0 Å². The Hall–Kier alpha value is -2.18. The minimum Gasteiger partial charge on any atom is -0.493 e. The van der Waals surface area contributed by atoms with Crippen molar-refractivity contribution in [1.82, 2.24) is 14.9 Å². The molecule has 0 aliphatic rings. The molecule has 0 unspecified atom stereocenters. The Morgan fingerprint density at radius 2 is 2.00 bits per heavy atom. The van der Waals surface area contributed by atoms with E-state index in [2.05, 4.69) is 10.2 Å².